The van der Waals surface area contributed by atoms with Crippen LogP contribution in [0.15, 0.2) is 48.5 Å². The van der Waals surface area contributed by atoms with E-state index in [0.717, 1.165) is 11.1 Å². The molecule has 0 heteroatoms. The fraction of sp³-hybridized carbons (Fsp3) is 0.391. The largest absolute Gasteiger partial charge is 0.0654 e. The van der Waals surface area contributed by atoms with Crippen LogP contribution in [0.3, 0.4) is 0 Å². The Morgan fingerprint density at radius 2 is 1.00 bits per heavy atom. The van der Waals surface area contributed by atoms with Crippen molar-refractivity contribution in [1.82, 2.24) is 0 Å². The van der Waals surface area contributed by atoms with Crippen LogP contribution in [0, 0.1) is 11.8 Å². The Bertz CT molecular complexity index is 620. The summed E-state index contributed by atoms with van der Waals surface area (Å²) in [7, 11) is 0. The molecule has 2 aromatic carbocycles. The molecule has 0 heterocycles. The van der Waals surface area contributed by atoms with Gasteiger partial charge in [0.15, 0.2) is 0 Å². The minimum absolute atomic E-state index is 1.09. The number of rotatable bonds is 7. The molecule has 0 N–H and O–H groups in total. The molecule has 120 valence electrons. The van der Waals surface area contributed by atoms with Gasteiger partial charge < -0.3 is 0 Å². The topological polar surface area (TPSA) is 0 Å². The zero-order chi connectivity index (χ0) is 16.3. The number of aryl methyl sites for hydroxylation is 2. The van der Waals surface area contributed by atoms with Crippen molar-refractivity contribution in [3.8, 4) is 11.8 Å². The molecule has 0 atom stereocenters. The van der Waals surface area contributed by atoms with Gasteiger partial charge in [-0.3, -0.25) is 0 Å². The van der Waals surface area contributed by atoms with Gasteiger partial charge in [0.2, 0.25) is 0 Å². The van der Waals surface area contributed by atoms with Crippen LogP contribution in [0.1, 0.15) is 68.2 Å². The van der Waals surface area contributed by atoms with E-state index >= 15 is 0 Å². The monoisotopic (exact) mass is 304 g/mol. The molecule has 2 aromatic rings. The maximum atomic E-state index is 3.27. The molecule has 0 radical (unpaired) electrons. The van der Waals surface area contributed by atoms with Gasteiger partial charge in [0.05, 0.1) is 0 Å². The first-order valence-electron chi connectivity index (χ1n) is 9.01. The van der Waals surface area contributed by atoms with Gasteiger partial charge >= 0.3 is 0 Å². The summed E-state index contributed by atoms with van der Waals surface area (Å²) in [5.74, 6) is 6.53. The predicted octanol–water partition coefficient (Wildman–Crippen LogP) is 6.16. The van der Waals surface area contributed by atoms with Gasteiger partial charge in [-0.2, -0.15) is 0 Å². The van der Waals surface area contributed by atoms with Crippen molar-refractivity contribution in [2.75, 3.05) is 0 Å². The summed E-state index contributed by atoms with van der Waals surface area (Å²) in [6, 6.07) is 17.4. The summed E-state index contributed by atoms with van der Waals surface area (Å²) in [6.07, 6.45) is 8.73. The Morgan fingerprint density at radius 3 is 1.43 bits per heavy atom. The van der Waals surface area contributed by atoms with Crippen molar-refractivity contribution < 1.29 is 0 Å². The first-order valence-corrected chi connectivity index (χ1v) is 9.01. The van der Waals surface area contributed by atoms with E-state index in [1.54, 1.807) is 0 Å². The Kier molecular flexibility index (Phi) is 7.47. The minimum atomic E-state index is 1.09. The fourth-order valence-corrected chi connectivity index (χ4v) is 2.61. The lowest BCUT2D eigenvalue weighted by molar-refractivity contribution is 0.717. The molecular formula is C23H28. The lowest BCUT2D eigenvalue weighted by atomic mass is 10.0. The molecule has 0 saturated carbocycles. The van der Waals surface area contributed by atoms with Gasteiger partial charge in [-0.1, -0.05) is 69.2 Å². The third-order valence-electron chi connectivity index (χ3n) is 4.15. The van der Waals surface area contributed by atoms with Crippen LogP contribution < -0.4 is 0 Å². The molecule has 0 aliphatic carbocycles. The second-order valence-electron chi connectivity index (χ2n) is 6.20. The van der Waals surface area contributed by atoms with E-state index in [0.29, 0.717) is 0 Å². The first kappa shape index (κ1) is 17.4. The van der Waals surface area contributed by atoms with Crippen molar-refractivity contribution in [3.63, 3.8) is 0 Å². The van der Waals surface area contributed by atoms with Gasteiger partial charge in [-0.25, -0.2) is 0 Å². The highest BCUT2D eigenvalue weighted by Gasteiger charge is 1.94. The van der Waals surface area contributed by atoms with Crippen LogP contribution >= 0.6 is 0 Å². The Balaban J connectivity index is 1.93. The highest BCUT2D eigenvalue weighted by Crippen LogP contribution is 2.10. The molecule has 23 heavy (non-hydrogen) atoms. The number of benzene rings is 2. The maximum Gasteiger partial charge on any atom is 0.0249 e. The van der Waals surface area contributed by atoms with Crippen LogP contribution in [-0.4, -0.2) is 0 Å². The van der Waals surface area contributed by atoms with Crippen LogP contribution in [0.2, 0.25) is 0 Å². The summed E-state index contributed by atoms with van der Waals surface area (Å²) >= 11 is 0. The minimum Gasteiger partial charge on any atom is -0.0654 e. The van der Waals surface area contributed by atoms with Gasteiger partial charge in [0.25, 0.3) is 0 Å². The SMILES string of the molecule is CCCCCc1ccc(C#Cc2ccc(CCCC)cc2)cc1. The molecule has 0 unspecified atom stereocenters. The molecule has 0 spiro atoms. The molecule has 0 amide bonds. The summed E-state index contributed by atoms with van der Waals surface area (Å²) in [5.41, 5.74) is 5.02. The lowest BCUT2D eigenvalue weighted by Crippen LogP contribution is -1.86. The van der Waals surface area contributed by atoms with Crippen LogP contribution in [0.5, 0.6) is 0 Å². The van der Waals surface area contributed by atoms with E-state index in [-0.39, 0.29) is 0 Å². The summed E-state index contributed by atoms with van der Waals surface area (Å²) in [4.78, 5) is 0. The van der Waals surface area contributed by atoms with Gasteiger partial charge in [-0.05, 0) is 61.1 Å². The highest BCUT2D eigenvalue weighted by atomic mass is 14.0. The molecule has 0 nitrogen and oxygen atoms in total. The van der Waals surface area contributed by atoms with Crippen LogP contribution in [-0.2, 0) is 12.8 Å². The summed E-state index contributed by atoms with van der Waals surface area (Å²) in [5, 5.41) is 0. The van der Waals surface area contributed by atoms with Crippen molar-refractivity contribution >= 4 is 0 Å². The standard InChI is InChI=1S/C23H28/c1-3-5-7-9-21-12-16-23(17-13-21)19-18-22-14-10-20(11-15-22)8-6-4-2/h10-17H,3-9H2,1-2H3. The zero-order valence-corrected chi connectivity index (χ0v) is 14.6. The van der Waals surface area contributed by atoms with Gasteiger partial charge in [-0.15, -0.1) is 0 Å². The number of hydrogen-bond donors (Lipinski definition) is 0. The summed E-state index contributed by atoms with van der Waals surface area (Å²) in [6.45, 7) is 4.48. The number of unbranched alkanes of at least 4 members (excludes halogenated alkanes) is 3. The Morgan fingerprint density at radius 1 is 0.565 bits per heavy atom. The smallest absolute Gasteiger partial charge is 0.0249 e. The molecule has 0 fully saturated rings. The summed E-state index contributed by atoms with van der Waals surface area (Å²) < 4.78 is 0. The van der Waals surface area contributed by atoms with Crippen LogP contribution in [0.25, 0.3) is 0 Å². The maximum absolute atomic E-state index is 3.27. The van der Waals surface area contributed by atoms with Crippen molar-refractivity contribution in [3.05, 3.63) is 70.8 Å². The zero-order valence-electron chi connectivity index (χ0n) is 14.6. The third kappa shape index (κ3) is 6.33. The Hall–Kier alpha value is -2.00. The molecule has 0 bridgehead atoms. The lowest BCUT2D eigenvalue weighted by Gasteiger charge is -2.00. The fourth-order valence-electron chi connectivity index (χ4n) is 2.61. The van der Waals surface area contributed by atoms with E-state index in [4.69, 9.17) is 0 Å². The molecule has 0 saturated heterocycles. The van der Waals surface area contributed by atoms with Crippen molar-refractivity contribution in [2.45, 2.75) is 58.8 Å². The van der Waals surface area contributed by atoms with Gasteiger partial charge in [0.1, 0.15) is 0 Å². The molecule has 2 rings (SSSR count). The quantitative estimate of drug-likeness (QED) is 0.424. The second-order valence-corrected chi connectivity index (χ2v) is 6.20. The van der Waals surface area contributed by atoms with Gasteiger partial charge in [0, 0.05) is 11.1 Å². The van der Waals surface area contributed by atoms with E-state index in [1.807, 2.05) is 0 Å². The molecular weight excluding hydrogens is 276 g/mol. The average Bonchev–Trinajstić information content (AvgIpc) is 2.60. The Labute approximate surface area is 142 Å². The van der Waals surface area contributed by atoms with E-state index in [1.165, 1.54) is 56.1 Å². The first-order chi connectivity index (χ1) is 11.3. The average molecular weight is 304 g/mol. The van der Waals surface area contributed by atoms with E-state index < -0.39 is 0 Å². The predicted molar refractivity (Wildman–Crippen MR) is 101 cm³/mol. The normalized spacial score (nSPS) is 10.2. The molecule has 0 aromatic heterocycles. The van der Waals surface area contributed by atoms with E-state index in [2.05, 4.69) is 74.2 Å². The molecule has 0 aliphatic heterocycles. The third-order valence-corrected chi connectivity index (χ3v) is 4.15. The van der Waals surface area contributed by atoms with Crippen LogP contribution in [0.4, 0.5) is 0 Å². The number of hydrogen-bond acceptors (Lipinski definition) is 0. The van der Waals surface area contributed by atoms with E-state index in [9.17, 15) is 0 Å². The molecule has 0 aliphatic rings. The van der Waals surface area contributed by atoms with Crippen molar-refractivity contribution in [1.29, 1.82) is 0 Å². The highest BCUT2D eigenvalue weighted by molar-refractivity contribution is 5.44. The van der Waals surface area contributed by atoms with Crippen molar-refractivity contribution in [2.24, 2.45) is 0 Å². The second kappa shape index (κ2) is 9.90.